The van der Waals surface area contributed by atoms with E-state index in [-0.39, 0.29) is 12.4 Å². The number of hydrogen-bond donors (Lipinski definition) is 3. The monoisotopic (exact) mass is 297 g/mol. The summed E-state index contributed by atoms with van der Waals surface area (Å²) in [4.78, 5) is 11.4. The molecule has 1 aromatic rings. The molecule has 0 saturated heterocycles. The van der Waals surface area contributed by atoms with Crippen molar-refractivity contribution >= 4 is 11.9 Å². The van der Waals surface area contributed by atoms with Gasteiger partial charge in [-0.05, 0) is 32.9 Å². The van der Waals surface area contributed by atoms with Crippen molar-refractivity contribution in [1.29, 1.82) is 0 Å². The van der Waals surface area contributed by atoms with Crippen LogP contribution in [0.15, 0.2) is 30.2 Å². The summed E-state index contributed by atoms with van der Waals surface area (Å²) in [6, 6.07) is 0. The van der Waals surface area contributed by atoms with Gasteiger partial charge in [0.15, 0.2) is 5.82 Å². The van der Waals surface area contributed by atoms with Gasteiger partial charge in [-0.2, -0.15) is 5.10 Å². The Balaban J connectivity index is 2.51. The van der Waals surface area contributed by atoms with Gasteiger partial charge in [0.2, 0.25) is 0 Å². The van der Waals surface area contributed by atoms with E-state index in [0.29, 0.717) is 5.70 Å². The molecular formula is C13H20FN5O2. The van der Waals surface area contributed by atoms with E-state index >= 15 is 0 Å². The SMILES string of the molecule is CC(C)(C)OC(=O)NC/C(N)=C/C=C(\N)n1cc(F)cn1. The molecule has 1 aromatic heterocycles. The van der Waals surface area contributed by atoms with E-state index in [1.54, 1.807) is 20.8 Å². The highest BCUT2D eigenvalue weighted by atomic mass is 19.1. The van der Waals surface area contributed by atoms with Gasteiger partial charge in [-0.1, -0.05) is 0 Å². The number of carbonyl (C=O) groups excluding carboxylic acids is 1. The molecule has 8 heteroatoms. The molecule has 1 amide bonds. The van der Waals surface area contributed by atoms with Crippen LogP contribution in [-0.2, 0) is 4.74 Å². The molecule has 7 nitrogen and oxygen atoms in total. The second-order valence-electron chi connectivity index (χ2n) is 5.29. The topological polar surface area (TPSA) is 108 Å². The molecule has 0 spiro atoms. The van der Waals surface area contributed by atoms with E-state index < -0.39 is 17.5 Å². The van der Waals surface area contributed by atoms with E-state index in [1.807, 2.05) is 0 Å². The standard InChI is InChI=1S/C13H20FN5O2/c1-13(2,3)21-12(20)17-7-10(15)4-5-11(16)19-8-9(14)6-18-19/h4-6,8H,7,15-16H2,1-3H3,(H,17,20)/b10-4-,11-5+. The van der Waals surface area contributed by atoms with Crippen LogP contribution in [0.3, 0.4) is 0 Å². The van der Waals surface area contributed by atoms with E-state index in [4.69, 9.17) is 16.2 Å². The molecule has 0 radical (unpaired) electrons. The van der Waals surface area contributed by atoms with Crippen LogP contribution in [0.1, 0.15) is 20.8 Å². The number of aromatic nitrogens is 2. The first-order valence-electron chi connectivity index (χ1n) is 6.26. The zero-order valence-electron chi connectivity index (χ0n) is 12.3. The third kappa shape index (κ3) is 6.46. The van der Waals surface area contributed by atoms with Gasteiger partial charge >= 0.3 is 6.09 Å². The zero-order valence-corrected chi connectivity index (χ0v) is 12.3. The maximum absolute atomic E-state index is 12.8. The van der Waals surface area contributed by atoms with Crippen molar-refractivity contribution in [3.05, 3.63) is 36.1 Å². The number of hydrogen-bond acceptors (Lipinski definition) is 5. The average molecular weight is 297 g/mol. The van der Waals surface area contributed by atoms with Crippen molar-refractivity contribution in [2.24, 2.45) is 11.5 Å². The van der Waals surface area contributed by atoms with Gasteiger partial charge in [0.1, 0.15) is 11.4 Å². The number of ether oxygens (including phenoxy) is 1. The zero-order chi connectivity index (χ0) is 16.0. The molecule has 5 N–H and O–H groups in total. The van der Waals surface area contributed by atoms with Crippen molar-refractivity contribution in [3.63, 3.8) is 0 Å². The van der Waals surface area contributed by atoms with Crippen LogP contribution in [0.25, 0.3) is 5.82 Å². The van der Waals surface area contributed by atoms with Crippen molar-refractivity contribution < 1.29 is 13.9 Å². The summed E-state index contributed by atoms with van der Waals surface area (Å²) in [7, 11) is 0. The van der Waals surface area contributed by atoms with Crippen molar-refractivity contribution in [1.82, 2.24) is 15.1 Å². The predicted octanol–water partition coefficient (Wildman–Crippen LogP) is 1.15. The first kappa shape index (κ1) is 16.5. The third-order valence-electron chi connectivity index (χ3n) is 2.12. The second-order valence-corrected chi connectivity index (χ2v) is 5.29. The Kier molecular flexibility index (Phi) is 5.34. The first-order chi connectivity index (χ1) is 9.67. The molecule has 0 saturated carbocycles. The van der Waals surface area contributed by atoms with Gasteiger partial charge in [0.25, 0.3) is 0 Å². The third-order valence-corrected chi connectivity index (χ3v) is 2.12. The lowest BCUT2D eigenvalue weighted by Gasteiger charge is -2.19. The van der Waals surface area contributed by atoms with Gasteiger partial charge in [-0.15, -0.1) is 0 Å². The Labute approximate surface area is 122 Å². The van der Waals surface area contributed by atoms with Gasteiger partial charge < -0.3 is 21.5 Å². The molecule has 0 aliphatic carbocycles. The lowest BCUT2D eigenvalue weighted by Crippen LogP contribution is -2.34. The van der Waals surface area contributed by atoms with Crippen LogP contribution in [0.2, 0.25) is 0 Å². The normalized spacial score (nSPS) is 13.1. The molecule has 1 heterocycles. The van der Waals surface area contributed by atoms with Gasteiger partial charge in [0, 0.05) is 5.70 Å². The Morgan fingerprint density at radius 2 is 2.14 bits per heavy atom. The smallest absolute Gasteiger partial charge is 0.407 e. The minimum Gasteiger partial charge on any atom is -0.444 e. The van der Waals surface area contributed by atoms with Crippen LogP contribution in [0.4, 0.5) is 9.18 Å². The van der Waals surface area contributed by atoms with Crippen molar-refractivity contribution in [2.75, 3.05) is 6.54 Å². The number of nitrogens with two attached hydrogens (primary N) is 2. The number of rotatable bonds is 4. The van der Waals surface area contributed by atoms with Crippen LogP contribution >= 0.6 is 0 Å². The van der Waals surface area contributed by atoms with Gasteiger partial charge in [0.05, 0.1) is 18.9 Å². The lowest BCUT2D eigenvalue weighted by atomic mass is 10.2. The number of nitrogens with zero attached hydrogens (tertiary/aromatic N) is 2. The molecule has 0 fully saturated rings. The number of carbonyl (C=O) groups is 1. The summed E-state index contributed by atoms with van der Waals surface area (Å²) in [5, 5.41) is 6.20. The summed E-state index contributed by atoms with van der Waals surface area (Å²) in [6.45, 7) is 5.39. The summed E-state index contributed by atoms with van der Waals surface area (Å²) in [5.74, 6) is -0.297. The van der Waals surface area contributed by atoms with Crippen molar-refractivity contribution in [3.8, 4) is 0 Å². The highest BCUT2D eigenvalue weighted by Gasteiger charge is 2.15. The van der Waals surface area contributed by atoms with Crippen LogP contribution in [-0.4, -0.2) is 28.0 Å². The molecule has 116 valence electrons. The molecule has 0 aliphatic rings. The van der Waals surface area contributed by atoms with Crippen LogP contribution in [0.5, 0.6) is 0 Å². The van der Waals surface area contributed by atoms with Crippen LogP contribution < -0.4 is 16.8 Å². The Hall–Kier alpha value is -2.51. The van der Waals surface area contributed by atoms with E-state index in [1.165, 1.54) is 16.8 Å². The fourth-order valence-corrected chi connectivity index (χ4v) is 1.26. The molecular weight excluding hydrogens is 277 g/mol. The molecule has 0 unspecified atom stereocenters. The van der Waals surface area contributed by atoms with Crippen molar-refractivity contribution in [2.45, 2.75) is 26.4 Å². The van der Waals surface area contributed by atoms with E-state index in [9.17, 15) is 9.18 Å². The Bertz CT molecular complexity index is 557. The van der Waals surface area contributed by atoms with Crippen LogP contribution in [0, 0.1) is 5.82 Å². The molecule has 0 bridgehead atoms. The number of halogens is 1. The van der Waals surface area contributed by atoms with E-state index in [2.05, 4.69) is 10.4 Å². The summed E-state index contributed by atoms with van der Waals surface area (Å²) in [6.07, 6.45) is 4.56. The lowest BCUT2D eigenvalue weighted by molar-refractivity contribution is 0.0532. The Morgan fingerprint density at radius 3 is 2.67 bits per heavy atom. The molecule has 0 aromatic carbocycles. The fraction of sp³-hybridized carbons (Fsp3) is 0.385. The predicted molar refractivity (Wildman–Crippen MR) is 77.2 cm³/mol. The Morgan fingerprint density at radius 1 is 1.48 bits per heavy atom. The fourth-order valence-electron chi connectivity index (χ4n) is 1.26. The first-order valence-corrected chi connectivity index (χ1v) is 6.26. The molecule has 0 atom stereocenters. The van der Waals surface area contributed by atoms with Gasteiger partial charge in [-0.25, -0.2) is 13.9 Å². The highest BCUT2D eigenvalue weighted by molar-refractivity contribution is 5.68. The number of nitrogens with one attached hydrogen (secondary N) is 1. The molecule has 0 aliphatic heterocycles. The van der Waals surface area contributed by atoms with Gasteiger partial charge in [-0.3, -0.25) is 0 Å². The van der Waals surface area contributed by atoms with E-state index in [0.717, 1.165) is 12.4 Å². The quantitative estimate of drug-likeness (QED) is 0.722. The number of alkyl carbamates (subject to hydrolysis) is 1. The highest BCUT2D eigenvalue weighted by Crippen LogP contribution is 2.06. The minimum atomic E-state index is -0.572. The summed E-state index contributed by atoms with van der Waals surface area (Å²) < 4.78 is 19.0. The molecule has 1 rings (SSSR count). The maximum atomic E-state index is 12.8. The summed E-state index contributed by atoms with van der Waals surface area (Å²) in [5.41, 5.74) is 11.2. The molecule has 21 heavy (non-hydrogen) atoms. The number of allylic oxidation sites excluding steroid dienone is 2. The largest absolute Gasteiger partial charge is 0.444 e. The minimum absolute atomic E-state index is 0.103. The second kappa shape index (κ2) is 6.78. The number of amides is 1. The average Bonchev–Trinajstić information content (AvgIpc) is 2.78. The summed E-state index contributed by atoms with van der Waals surface area (Å²) >= 11 is 0. The maximum Gasteiger partial charge on any atom is 0.407 e.